The molecule has 1 amide bonds. The molecule has 2 N–H and O–H groups in total. The van der Waals surface area contributed by atoms with Crippen molar-refractivity contribution in [3.63, 3.8) is 0 Å². The zero-order chi connectivity index (χ0) is 19.6. The maximum Gasteiger partial charge on any atom is 0.417 e. The molecular formula is C16H12F3N5O3. The molecule has 2 heterocycles. The van der Waals surface area contributed by atoms with E-state index in [2.05, 4.69) is 15.6 Å². The summed E-state index contributed by atoms with van der Waals surface area (Å²) in [6.45, 7) is -0.153. The molecule has 0 aliphatic heterocycles. The Hall–Kier alpha value is -3.50. The standard InChI is InChI=1S/C16H12F3N5O3/c17-16(18,19)9-7-12(14(26)20-8-9)21-13(25)5-6-24-15(27)10-3-1-2-4-11(10)22-23-24/h1-4,7-8H,5-6H2,(H,20,26)(H,21,25). The summed E-state index contributed by atoms with van der Waals surface area (Å²) in [5.41, 5.74) is -2.57. The van der Waals surface area contributed by atoms with Crippen LogP contribution in [0.2, 0.25) is 0 Å². The Labute approximate surface area is 148 Å². The number of benzene rings is 1. The first-order valence-corrected chi connectivity index (χ1v) is 7.68. The van der Waals surface area contributed by atoms with E-state index in [1.54, 1.807) is 24.3 Å². The van der Waals surface area contributed by atoms with Gasteiger partial charge in [0.05, 0.1) is 17.5 Å². The van der Waals surface area contributed by atoms with E-state index in [0.717, 1.165) is 4.68 Å². The Morgan fingerprint density at radius 3 is 2.70 bits per heavy atom. The summed E-state index contributed by atoms with van der Waals surface area (Å²) >= 11 is 0. The minimum atomic E-state index is -4.67. The third-order valence-corrected chi connectivity index (χ3v) is 3.68. The fourth-order valence-corrected chi connectivity index (χ4v) is 2.33. The number of rotatable bonds is 4. The highest BCUT2D eigenvalue weighted by atomic mass is 19.4. The van der Waals surface area contributed by atoms with E-state index in [1.807, 2.05) is 4.98 Å². The first kappa shape index (κ1) is 18.3. The number of H-pyrrole nitrogens is 1. The smallest absolute Gasteiger partial charge is 0.327 e. The molecule has 0 aliphatic carbocycles. The van der Waals surface area contributed by atoms with Gasteiger partial charge in [-0.2, -0.15) is 13.2 Å². The van der Waals surface area contributed by atoms with Crippen LogP contribution in [0.3, 0.4) is 0 Å². The van der Waals surface area contributed by atoms with Crippen LogP contribution in [0.5, 0.6) is 0 Å². The van der Waals surface area contributed by atoms with Crippen LogP contribution in [-0.2, 0) is 17.5 Å². The summed E-state index contributed by atoms with van der Waals surface area (Å²) in [5, 5.41) is 9.99. The molecule has 2 aromatic heterocycles. The summed E-state index contributed by atoms with van der Waals surface area (Å²) in [5.74, 6) is -0.748. The van der Waals surface area contributed by atoms with Crippen molar-refractivity contribution >= 4 is 22.5 Å². The second kappa shape index (κ2) is 7.02. The Morgan fingerprint density at radius 2 is 1.96 bits per heavy atom. The lowest BCUT2D eigenvalue weighted by atomic mass is 10.2. The van der Waals surface area contributed by atoms with Gasteiger partial charge in [0.15, 0.2) is 0 Å². The van der Waals surface area contributed by atoms with Crippen LogP contribution >= 0.6 is 0 Å². The SMILES string of the molecule is O=C(CCn1nnc2ccccc2c1=O)Nc1cc(C(F)(F)F)c[nH]c1=O. The average Bonchev–Trinajstić information content (AvgIpc) is 2.62. The van der Waals surface area contributed by atoms with E-state index in [-0.39, 0.29) is 13.0 Å². The second-order valence-corrected chi connectivity index (χ2v) is 5.56. The lowest BCUT2D eigenvalue weighted by Gasteiger charge is -2.09. The van der Waals surface area contributed by atoms with Gasteiger partial charge in [0.1, 0.15) is 11.2 Å². The summed E-state index contributed by atoms with van der Waals surface area (Å²) in [4.78, 5) is 37.7. The molecule has 0 bridgehead atoms. The summed E-state index contributed by atoms with van der Waals surface area (Å²) < 4.78 is 39.0. The lowest BCUT2D eigenvalue weighted by Crippen LogP contribution is -2.27. The number of anilines is 1. The summed E-state index contributed by atoms with van der Waals surface area (Å²) in [6, 6.07) is 7.06. The van der Waals surface area contributed by atoms with Crippen LogP contribution in [0.1, 0.15) is 12.0 Å². The largest absolute Gasteiger partial charge is 0.417 e. The molecule has 0 spiro atoms. The number of carbonyl (C=O) groups excluding carboxylic acids is 1. The molecule has 1 aromatic carbocycles. The third kappa shape index (κ3) is 4.02. The van der Waals surface area contributed by atoms with E-state index in [1.165, 1.54) is 0 Å². The summed E-state index contributed by atoms with van der Waals surface area (Å²) in [7, 11) is 0. The van der Waals surface area contributed by atoms with E-state index < -0.39 is 34.5 Å². The molecule has 0 aliphatic rings. The van der Waals surface area contributed by atoms with Gasteiger partial charge in [-0.3, -0.25) is 14.4 Å². The van der Waals surface area contributed by atoms with Crippen molar-refractivity contribution in [2.24, 2.45) is 0 Å². The molecule has 8 nitrogen and oxygen atoms in total. The van der Waals surface area contributed by atoms with Crippen molar-refractivity contribution < 1.29 is 18.0 Å². The number of alkyl halides is 3. The molecule has 0 fully saturated rings. The minimum Gasteiger partial charge on any atom is -0.327 e. The molecule has 0 atom stereocenters. The van der Waals surface area contributed by atoms with Gasteiger partial charge in [-0.1, -0.05) is 17.3 Å². The molecule has 0 radical (unpaired) electrons. The highest BCUT2D eigenvalue weighted by Crippen LogP contribution is 2.29. The van der Waals surface area contributed by atoms with Crippen molar-refractivity contribution in [2.45, 2.75) is 19.1 Å². The minimum absolute atomic E-state index is 0.153. The van der Waals surface area contributed by atoms with Crippen molar-refractivity contribution in [1.29, 1.82) is 0 Å². The molecule has 3 rings (SSSR count). The number of hydrogen-bond acceptors (Lipinski definition) is 5. The molecule has 3 aromatic rings. The van der Waals surface area contributed by atoms with Gasteiger partial charge < -0.3 is 10.3 Å². The second-order valence-electron chi connectivity index (χ2n) is 5.56. The molecule has 0 saturated carbocycles. The van der Waals surface area contributed by atoms with Crippen LogP contribution < -0.4 is 16.4 Å². The number of halogens is 3. The Kier molecular flexibility index (Phi) is 4.75. The highest BCUT2D eigenvalue weighted by Gasteiger charge is 2.31. The predicted octanol–water partition coefficient (Wildman–Crippen LogP) is 1.53. The average molecular weight is 379 g/mol. The number of nitrogens with one attached hydrogen (secondary N) is 2. The number of hydrogen-bond donors (Lipinski definition) is 2. The van der Waals surface area contributed by atoms with Gasteiger partial charge in [-0.05, 0) is 18.2 Å². The molecule has 0 unspecified atom stereocenters. The molecule has 27 heavy (non-hydrogen) atoms. The van der Waals surface area contributed by atoms with Crippen LogP contribution in [0.4, 0.5) is 18.9 Å². The van der Waals surface area contributed by atoms with Crippen LogP contribution in [0.25, 0.3) is 10.9 Å². The van der Waals surface area contributed by atoms with E-state index in [0.29, 0.717) is 23.2 Å². The van der Waals surface area contributed by atoms with Gasteiger partial charge in [0.25, 0.3) is 11.1 Å². The van der Waals surface area contributed by atoms with Crippen molar-refractivity contribution in [3.8, 4) is 0 Å². The Bertz CT molecular complexity index is 1120. The van der Waals surface area contributed by atoms with Crippen LogP contribution in [0.15, 0.2) is 46.1 Å². The number of pyridine rings is 1. The fourth-order valence-electron chi connectivity index (χ4n) is 2.33. The Morgan fingerprint density at radius 1 is 1.22 bits per heavy atom. The number of amides is 1. The quantitative estimate of drug-likeness (QED) is 0.714. The first-order valence-electron chi connectivity index (χ1n) is 7.68. The maximum atomic E-state index is 12.7. The van der Waals surface area contributed by atoms with Crippen molar-refractivity contribution in [3.05, 3.63) is 62.8 Å². The summed E-state index contributed by atoms with van der Waals surface area (Å²) in [6.07, 6.45) is -4.44. The van der Waals surface area contributed by atoms with E-state index >= 15 is 0 Å². The van der Waals surface area contributed by atoms with Crippen LogP contribution in [-0.4, -0.2) is 25.9 Å². The van der Waals surface area contributed by atoms with Crippen molar-refractivity contribution in [1.82, 2.24) is 20.0 Å². The molecule has 140 valence electrons. The van der Waals surface area contributed by atoms with Crippen LogP contribution in [0, 0.1) is 0 Å². The molecule has 11 heteroatoms. The van der Waals surface area contributed by atoms with Gasteiger partial charge in [0.2, 0.25) is 5.91 Å². The third-order valence-electron chi connectivity index (χ3n) is 3.68. The van der Waals surface area contributed by atoms with Gasteiger partial charge >= 0.3 is 6.18 Å². The maximum absolute atomic E-state index is 12.7. The number of fused-ring (bicyclic) bond motifs is 1. The number of aryl methyl sites for hydroxylation is 1. The van der Waals surface area contributed by atoms with Gasteiger partial charge in [0, 0.05) is 12.6 Å². The molecule has 0 saturated heterocycles. The van der Waals surface area contributed by atoms with Crippen molar-refractivity contribution in [2.75, 3.05) is 5.32 Å². The Balaban J connectivity index is 1.73. The molecular weight excluding hydrogens is 367 g/mol. The van der Waals surface area contributed by atoms with Gasteiger partial charge in [-0.15, -0.1) is 5.10 Å². The lowest BCUT2D eigenvalue weighted by molar-refractivity contribution is -0.137. The monoisotopic (exact) mass is 379 g/mol. The topological polar surface area (TPSA) is 110 Å². The predicted molar refractivity (Wildman–Crippen MR) is 89.1 cm³/mol. The van der Waals surface area contributed by atoms with E-state index in [4.69, 9.17) is 0 Å². The number of nitrogens with zero attached hydrogens (tertiary/aromatic N) is 3. The van der Waals surface area contributed by atoms with E-state index in [9.17, 15) is 27.6 Å². The number of carbonyl (C=O) groups is 1. The number of aromatic nitrogens is 4. The first-order chi connectivity index (χ1) is 12.8. The normalized spacial score (nSPS) is 11.5. The highest BCUT2D eigenvalue weighted by molar-refractivity contribution is 5.90. The van der Waals surface area contributed by atoms with Gasteiger partial charge in [-0.25, -0.2) is 4.68 Å². The zero-order valence-electron chi connectivity index (χ0n) is 13.6. The number of aromatic amines is 1. The zero-order valence-corrected chi connectivity index (χ0v) is 13.6. The fraction of sp³-hybridized carbons (Fsp3) is 0.188.